The molecule has 0 aromatic heterocycles. The SMILES string of the molecule is CCCC1(OC(=O)c2cc(F)cc(F)c2)CCC(C)(C)CC1. The lowest BCUT2D eigenvalue weighted by Gasteiger charge is -2.43. The molecule has 2 rings (SSSR count). The fourth-order valence-corrected chi connectivity index (χ4v) is 3.17. The molecule has 0 atom stereocenters. The quantitative estimate of drug-likeness (QED) is 0.709. The summed E-state index contributed by atoms with van der Waals surface area (Å²) in [5.41, 5.74) is -0.295. The minimum atomic E-state index is -0.763. The fourth-order valence-electron chi connectivity index (χ4n) is 3.17. The maximum absolute atomic E-state index is 13.3. The van der Waals surface area contributed by atoms with Crippen molar-refractivity contribution in [3.63, 3.8) is 0 Å². The highest BCUT2D eigenvalue weighted by Gasteiger charge is 2.40. The van der Waals surface area contributed by atoms with Gasteiger partial charge in [0.1, 0.15) is 17.2 Å². The van der Waals surface area contributed by atoms with E-state index in [0.29, 0.717) is 0 Å². The van der Waals surface area contributed by atoms with Crippen molar-refractivity contribution in [3.8, 4) is 0 Å². The second-order valence-electron chi connectivity index (χ2n) is 7.14. The van der Waals surface area contributed by atoms with Crippen LogP contribution in [0.1, 0.15) is 69.7 Å². The van der Waals surface area contributed by atoms with E-state index in [1.807, 2.05) is 0 Å². The maximum atomic E-state index is 13.3. The molecule has 1 fully saturated rings. The van der Waals surface area contributed by atoms with Crippen molar-refractivity contribution in [2.75, 3.05) is 0 Å². The highest BCUT2D eigenvalue weighted by atomic mass is 19.1. The first kappa shape index (κ1) is 16.9. The lowest BCUT2D eigenvalue weighted by Crippen LogP contribution is -2.41. The molecule has 1 aliphatic carbocycles. The number of esters is 1. The van der Waals surface area contributed by atoms with E-state index in [2.05, 4.69) is 20.8 Å². The number of carbonyl (C=O) groups is 1. The molecule has 0 radical (unpaired) electrons. The van der Waals surface area contributed by atoms with Crippen LogP contribution in [0, 0.1) is 17.0 Å². The molecule has 2 nitrogen and oxygen atoms in total. The van der Waals surface area contributed by atoms with Crippen LogP contribution in [-0.4, -0.2) is 11.6 Å². The Bertz CT molecular complexity index is 522. The van der Waals surface area contributed by atoms with Gasteiger partial charge in [-0.25, -0.2) is 13.6 Å². The first-order chi connectivity index (χ1) is 10.3. The molecule has 0 aliphatic heterocycles. The summed E-state index contributed by atoms with van der Waals surface area (Å²) >= 11 is 0. The van der Waals surface area contributed by atoms with Crippen molar-refractivity contribution in [2.24, 2.45) is 5.41 Å². The summed E-state index contributed by atoms with van der Waals surface area (Å²) < 4.78 is 32.3. The van der Waals surface area contributed by atoms with Crippen LogP contribution in [0.4, 0.5) is 8.78 Å². The van der Waals surface area contributed by atoms with Gasteiger partial charge in [-0.3, -0.25) is 0 Å². The summed E-state index contributed by atoms with van der Waals surface area (Å²) in [6.45, 7) is 6.48. The predicted octanol–water partition coefficient (Wildman–Crippen LogP) is 5.26. The summed E-state index contributed by atoms with van der Waals surface area (Å²) in [5, 5.41) is 0. The van der Waals surface area contributed by atoms with Crippen LogP contribution in [0.15, 0.2) is 18.2 Å². The van der Waals surface area contributed by atoms with Crippen LogP contribution < -0.4 is 0 Å². The Hall–Kier alpha value is -1.45. The summed E-state index contributed by atoms with van der Waals surface area (Å²) in [5.74, 6) is -2.16. The molecular formula is C18H24F2O2. The molecule has 0 heterocycles. The lowest BCUT2D eigenvalue weighted by atomic mass is 9.69. The predicted molar refractivity (Wildman–Crippen MR) is 81.7 cm³/mol. The molecule has 0 spiro atoms. The van der Waals surface area contributed by atoms with Gasteiger partial charge in [0.2, 0.25) is 0 Å². The monoisotopic (exact) mass is 310 g/mol. The lowest BCUT2D eigenvalue weighted by molar-refractivity contribution is -0.0595. The molecule has 1 aromatic carbocycles. The van der Waals surface area contributed by atoms with Crippen LogP contribution in [-0.2, 0) is 4.74 Å². The first-order valence-corrected chi connectivity index (χ1v) is 7.95. The van der Waals surface area contributed by atoms with E-state index in [1.54, 1.807) is 0 Å². The van der Waals surface area contributed by atoms with Crippen molar-refractivity contribution in [1.29, 1.82) is 0 Å². The highest BCUT2D eigenvalue weighted by molar-refractivity contribution is 5.89. The van der Waals surface area contributed by atoms with Crippen LogP contribution in [0.3, 0.4) is 0 Å². The van der Waals surface area contributed by atoms with E-state index in [-0.39, 0.29) is 11.0 Å². The van der Waals surface area contributed by atoms with Crippen molar-refractivity contribution in [2.45, 2.75) is 64.9 Å². The van der Waals surface area contributed by atoms with Crippen molar-refractivity contribution in [1.82, 2.24) is 0 Å². The van der Waals surface area contributed by atoms with Crippen LogP contribution in [0.5, 0.6) is 0 Å². The number of hydrogen-bond donors (Lipinski definition) is 0. The Morgan fingerprint density at radius 2 is 1.64 bits per heavy atom. The summed E-state index contributed by atoms with van der Waals surface area (Å²) in [7, 11) is 0. The third-order valence-electron chi connectivity index (χ3n) is 4.63. The Morgan fingerprint density at radius 3 is 2.14 bits per heavy atom. The van der Waals surface area contributed by atoms with Gasteiger partial charge in [0, 0.05) is 6.07 Å². The van der Waals surface area contributed by atoms with Gasteiger partial charge in [-0.05, 0) is 49.7 Å². The number of halogens is 2. The molecule has 0 saturated heterocycles. The molecule has 0 bridgehead atoms. The van der Waals surface area contributed by atoms with Gasteiger partial charge in [-0.1, -0.05) is 27.2 Å². The average molecular weight is 310 g/mol. The van der Waals surface area contributed by atoms with Gasteiger partial charge >= 0.3 is 5.97 Å². The van der Waals surface area contributed by atoms with Crippen LogP contribution in [0.2, 0.25) is 0 Å². The minimum Gasteiger partial charge on any atom is -0.455 e. The average Bonchev–Trinajstić information content (AvgIpc) is 2.42. The number of rotatable bonds is 4. The third-order valence-corrected chi connectivity index (χ3v) is 4.63. The normalized spacial score (nSPS) is 19.7. The van der Waals surface area contributed by atoms with Crippen molar-refractivity contribution >= 4 is 5.97 Å². The van der Waals surface area contributed by atoms with Gasteiger partial charge in [0.15, 0.2) is 0 Å². The zero-order valence-corrected chi connectivity index (χ0v) is 13.5. The maximum Gasteiger partial charge on any atom is 0.338 e. The topological polar surface area (TPSA) is 26.3 Å². The first-order valence-electron chi connectivity index (χ1n) is 7.95. The van der Waals surface area contributed by atoms with E-state index in [0.717, 1.165) is 56.7 Å². The zero-order chi connectivity index (χ0) is 16.4. The Balaban J connectivity index is 2.15. The Labute approximate surface area is 130 Å². The zero-order valence-electron chi connectivity index (χ0n) is 13.5. The smallest absolute Gasteiger partial charge is 0.338 e. The van der Waals surface area contributed by atoms with Gasteiger partial charge < -0.3 is 4.74 Å². The Morgan fingerprint density at radius 1 is 1.09 bits per heavy atom. The molecule has 1 aliphatic rings. The number of benzene rings is 1. The number of hydrogen-bond acceptors (Lipinski definition) is 2. The number of ether oxygens (including phenoxy) is 1. The van der Waals surface area contributed by atoms with Gasteiger partial charge in [0.05, 0.1) is 5.56 Å². The van der Waals surface area contributed by atoms with Crippen molar-refractivity contribution < 1.29 is 18.3 Å². The summed E-state index contributed by atoms with van der Waals surface area (Å²) in [6.07, 6.45) is 5.27. The largest absolute Gasteiger partial charge is 0.455 e. The molecule has 22 heavy (non-hydrogen) atoms. The van der Waals surface area contributed by atoms with Crippen LogP contribution in [0.25, 0.3) is 0 Å². The summed E-state index contributed by atoms with van der Waals surface area (Å²) in [4.78, 5) is 12.3. The van der Waals surface area contributed by atoms with Crippen LogP contribution >= 0.6 is 0 Å². The standard InChI is InChI=1S/C18H24F2O2/c1-4-5-18(8-6-17(2,3)7-9-18)22-16(21)13-10-14(19)12-15(20)11-13/h10-12H,4-9H2,1-3H3. The van der Waals surface area contributed by atoms with Gasteiger partial charge in [0.25, 0.3) is 0 Å². The van der Waals surface area contributed by atoms with E-state index in [1.165, 1.54) is 0 Å². The third kappa shape index (κ3) is 4.05. The van der Waals surface area contributed by atoms with Gasteiger partial charge in [-0.2, -0.15) is 0 Å². The molecule has 0 amide bonds. The van der Waals surface area contributed by atoms with E-state index >= 15 is 0 Å². The minimum absolute atomic E-state index is 0.0576. The second-order valence-corrected chi connectivity index (χ2v) is 7.14. The Kier molecular flexibility index (Phi) is 4.88. The van der Waals surface area contributed by atoms with Crippen molar-refractivity contribution in [3.05, 3.63) is 35.4 Å². The van der Waals surface area contributed by atoms with Gasteiger partial charge in [-0.15, -0.1) is 0 Å². The fraction of sp³-hybridized carbons (Fsp3) is 0.611. The van der Waals surface area contributed by atoms with E-state index in [4.69, 9.17) is 4.74 Å². The van der Waals surface area contributed by atoms with E-state index < -0.39 is 23.2 Å². The second kappa shape index (κ2) is 6.35. The molecule has 1 saturated carbocycles. The molecule has 122 valence electrons. The highest BCUT2D eigenvalue weighted by Crippen LogP contribution is 2.44. The summed E-state index contributed by atoms with van der Waals surface area (Å²) in [6, 6.07) is 2.80. The molecule has 0 unspecified atom stereocenters. The molecule has 1 aromatic rings. The van der Waals surface area contributed by atoms with E-state index in [9.17, 15) is 13.6 Å². The molecule has 4 heteroatoms. The number of carbonyl (C=O) groups excluding carboxylic acids is 1. The molecular weight excluding hydrogens is 286 g/mol. The molecule has 0 N–H and O–H groups in total.